The lowest BCUT2D eigenvalue weighted by Crippen LogP contribution is -2.37. The molecule has 10 heteroatoms. The van der Waals surface area contributed by atoms with Crippen molar-refractivity contribution in [2.24, 2.45) is 0 Å². The third kappa shape index (κ3) is 5.87. The van der Waals surface area contributed by atoms with E-state index >= 15 is 0 Å². The number of sulfonamides is 1. The zero-order valence-corrected chi connectivity index (χ0v) is 20.5. The first-order valence-corrected chi connectivity index (χ1v) is 12.2. The van der Waals surface area contributed by atoms with E-state index in [0.29, 0.717) is 43.0 Å². The lowest BCUT2D eigenvalue weighted by Gasteiger charge is -2.22. The fourth-order valence-electron chi connectivity index (χ4n) is 3.83. The molecule has 0 radical (unpaired) electrons. The summed E-state index contributed by atoms with van der Waals surface area (Å²) in [5, 5.41) is 0. The molecule has 1 aromatic heterocycles. The molecule has 0 saturated heterocycles. The van der Waals surface area contributed by atoms with E-state index in [9.17, 15) is 22.4 Å². The summed E-state index contributed by atoms with van der Waals surface area (Å²) in [6.07, 6.45) is 0.378. The highest BCUT2D eigenvalue weighted by Crippen LogP contribution is 2.25. The van der Waals surface area contributed by atoms with Crippen LogP contribution in [0.3, 0.4) is 0 Å². The quantitative estimate of drug-likeness (QED) is 0.262. The van der Waals surface area contributed by atoms with Crippen molar-refractivity contribution in [2.75, 3.05) is 33.4 Å². The third-order valence-corrected chi connectivity index (χ3v) is 7.27. The second kappa shape index (κ2) is 11.5. The predicted molar refractivity (Wildman–Crippen MR) is 122 cm³/mol. The molecule has 2 aromatic rings. The molecular weight excluding hydrogens is 451 g/mol. The molecule has 0 saturated carbocycles. The van der Waals surface area contributed by atoms with Gasteiger partial charge in [0.2, 0.25) is 10.0 Å². The number of hydrogen-bond donors (Lipinski definition) is 0. The summed E-state index contributed by atoms with van der Waals surface area (Å²) in [6.45, 7) is 7.90. The van der Waals surface area contributed by atoms with Gasteiger partial charge in [0, 0.05) is 37.6 Å². The highest BCUT2D eigenvalue weighted by atomic mass is 32.2. The molecule has 2 rings (SSSR count). The van der Waals surface area contributed by atoms with Gasteiger partial charge in [-0.25, -0.2) is 17.6 Å². The van der Waals surface area contributed by atoms with E-state index < -0.39 is 34.1 Å². The zero-order chi connectivity index (χ0) is 24.8. The van der Waals surface area contributed by atoms with Crippen LogP contribution in [0.15, 0.2) is 29.2 Å². The van der Waals surface area contributed by atoms with Crippen molar-refractivity contribution in [3.63, 3.8) is 0 Å². The minimum Gasteiger partial charge on any atom is -0.464 e. The summed E-state index contributed by atoms with van der Waals surface area (Å²) in [6, 6.07) is 4.46. The molecule has 0 bridgehead atoms. The predicted octanol–water partition coefficient (Wildman–Crippen LogP) is 3.35. The van der Waals surface area contributed by atoms with Gasteiger partial charge in [-0.3, -0.25) is 4.79 Å². The van der Waals surface area contributed by atoms with E-state index in [2.05, 4.69) is 0 Å². The molecule has 1 aromatic carbocycles. The van der Waals surface area contributed by atoms with Gasteiger partial charge in [0.1, 0.15) is 11.5 Å². The molecule has 0 aliphatic heterocycles. The van der Waals surface area contributed by atoms with Crippen molar-refractivity contribution >= 4 is 21.8 Å². The second-order valence-electron chi connectivity index (χ2n) is 7.44. The van der Waals surface area contributed by atoms with Crippen molar-refractivity contribution in [3.05, 3.63) is 52.6 Å². The first kappa shape index (κ1) is 26.7. The second-order valence-corrected chi connectivity index (χ2v) is 9.37. The van der Waals surface area contributed by atoms with E-state index in [1.165, 1.54) is 19.2 Å². The van der Waals surface area contributed by atoms with E-state index in [1.54, 1.807) is 18.4 Å². The fraction of sp³-hybridized carbons (Fsp3) is 0.478. The first-order valence-electron chi connectivity index (χ1n) is 10.7. The first-order chi connectivity index (χ1) is 15.6. The Hall–Kier alpha value is -2.56. The number of ether oxygens (including phenoxy) is 2. The number of hydrogen-bond acceptors (Lipinski definition) is 6. The van der Waals surface area contributed by atoms with Gasteiger partial charge < -0.3 is 14.0 Å². The molecule has 33 heavy (non-hydrogen) atoms. The molecule has 0 fully saturated rings. The SMILES string of the molecule is CCOCCCN(CC(=O)c1c(C)c(C(=O)OC)n(CC)c1C)S(=O)(=O)c1ccc(F)cc1. The molecule has 8 nitrogen and oxygen atoms in total. The lowest BCUT2D eigenvalue weighted by atomic mass is 10.1. The van der Waals surface area contributed by atoms with Gasteiger partial charge in [-0.2, -0.15) is 4.31 Å². The maximum absolute atomic E-state index is 13.3. The van der Waals surface area contributed by atoms with Crippen molar-refractivity contribution in [1.82, 2.24) is 8.87 Å². The van der Waals surface area contributed by atoms with Crippen LogP contribution < -0.4 is 0 Å². The van der Waals surface area contributed by atoms with Crippen LogP contribution in [0.5, 0.6) is 0 Å². The highest BCUT2D eigenvalue weighted by molar-refractivity contribution is 7.89. The monoisotopic (exact) mass is 482 g/mol. The minimum absolute atomic E-state index is 0.0435. The van der Waals surface area contributed by atoms with Gasteiger partial charge in [-0.1, -0.05) is 0 Å². The Morgan fingerprint density at radius 1 is 1.12 bits per heavy atom. The summed E-state index contributed by atoms with van der Waals surface area (Å²) in [5.74, 6) is -1.57. The number of carbonyl (C=O) groups is 2. The number of carbonyl (C=O) groups excluding carboxylic acids is 2. The van der Waals surface area contributed by atoms with Crippen LogP contribution in [-0.2, 0) is 26.0 Å². The average Bonchev–Trinajstić information content (AvgIpc) is 3.04. The zero-order valence-electron chi connectivity index (χ0n) is 19.7. The Morgan fingerprint density at radius 3 is 2.30 bits per heavy atom. The Morgan fingerprint density at radius 2 is 1.76 bits per heavy atom. The Bertz CT molecular complexity index is 1090. The van der Waals surface area contributed by atoms with Crippen molar-refractivity contribution in [1.29, 1.82) is 0 Å². The van der Waals surface area contributed by atoms with Gasteiger partial charge in [0.05, 0.1) is 18.6 Å². The lowest BCUT2D eigenvalue weighted by molar-refractivity contribution is 0.0587. The van der Waals surface area contributed by atoms with Crippen LogP contribution >= 0.6 is 0 Å². The molecule has 0 N–H and O–H groups in total. The molecule has 0 aliphatic rings. The summed E-state index contributed by atoms with van der Waals surface area (Å²) in [4.78, 5) is 25.5. The summed E-state index contributed by atoms with van der Waals surface area (Å²) in [7, 11) is -2.81. The van der Waals surface area contributed by atoms with Crippen molar-refractivity contribution in [2.45, 2.75) is 45.6 Å². The number of rotatable bonds is 12. The van der Waals surface area contributed by atoms with Gasteiger partial charge in [-0.05, 0) is 63.9 Å². The van der Waals surface area contributed by atoms with Gasteiger partial charge in [-0.15, -0.1) is 0 Å². The standard InChI is InChI=1S/C23H31FN2O6S/c1-6-26-17(4)21(16(3)22(26)23(28)31-5)20(27)15-25(13-8-14-32-7-2)33(29,30)19-11-9-18(24)10-12-19/h9-12H,6-8,13-15H2,1-5H3. The minimum atomic E-state index is -4.07. The fourth-order valence-corrected chi connectivity index (χ4v) is 5.26. The normalized spacial score (nSPS) is 11.7. The number of esters is 1. The number of Topliss-reactive ketones (excluding diaryl/α,β-unsaturated/α-hetero) is 1. The van der Waals surface area contributed by atoms with Crippen LogP contribution in [0, 0.1) is 19.7 Å². The summed E-state index contributed by atoms with van der Waals surface area (Å²) >= 11 is 0. The largest absolute Gasteiger partial charge is 0.464 e. The number of methoxy groups -OCH3 is 1. The summed E-state index contributed by atoms with van der Waals surface area (Å²) in [5.41, 5.74) is 1.57. The van der Waals surface area contributed by atoms with E-state index in [4.69, 9.17) is 9.47 Å². The molecule has 0 unspecified atom stereocenters. The smallest absolute Gasteiger partial charge is 0.354 e. The van der Waals surface area contributed by atoms with Crippen molar-refractivity contribution < 1.29 is 31.9 Å². The van der Waals surface area contributed by atoms with E-state index in [-0.39, 0.29) is 17.1 Å². The number of ketones is 1. The van der Waals surface area contributed by atoms with Crippen LogP contribution in [0.25, 0.3) is 0 Å². The Balaban J connectivity index is 2.44. The molecule has 0 amide bonds. The van der Waals surface area contributed by atoms with E-state index in [0.717, 1.165) is 16.4 Å². The molecule has 182 valence electrons. The number of benzene rings is 1. The maximum atomic E-state index is 13.3. The number of nitrogens with zero attached hydrogens (tertiary/aromatic N) is 2. The van der Waals surface area contributed by atoms with Crippen LogP contribution in [-0.4, -0.2) is 62.5 Å². The summed E-state index contributed by atoms with van der Waals surface area (Å²) < 4.78 is 52.8. The Labute approximate surface area is 194 Å². The maximum Gasteiger partial charge on any atom is 0.354 e. The van der Waals surface area contributed by atoms with Crippen LogP contribution in [0.1, 0.15) is 52.4 Å². The van der Waals surface area contributed by atoms with Gasteiger partial charge >= 0.3 is 5.97 Å². The highest BCUT2D eigenvalue weighted by Gasteiger charge is 2.31. The molecule has 0 aliphatic carbocycles. The Kier molecular flexibility index (Phi) is 9.33. The number of aromatic nitrogens is 1. The van der Waals surface area contributed by atoms with Gasteiger partial charge in [0.15, 0.2) is 5.78 Å². The van der Waals surface area contributed by atoms with E-state index in [1.807, 2.05) is 13.8 Å². The van der Waals surface area contributed by atoms with Crippen molar-refractivity contribution in [3.8, 4) is 0 Å². The third-order valence-electron chi connectivity index (χ3n) is 5.41. The molecule has 0 spiro atoms. The molecule has 1 heterocycles. The average molecular weight is 483 g/mol. The molecule has 0 atom stereocenters. The van der Waals surface area contributed by atoms with Gasteiger partial charge in [0.25, 0.3) is 0 Å². The number of halogens is 1. The van der Waals surface area contributed by atoms with Crippen LogP contribution in [0.4, 0.5) is 4.39 Å². The topological polar surface area (TPSA) is 94.9 Å². The van der Waals surface area contributed by atoms with Crippen LogP contribution in [0.2, 0.25) is 0 Å². The molecular formula is C23H31FN2O6S.